The summed E-state index contributed by atoms with van der Waals surface area (Å²) in [5.41, 5.74) is 3.78. The number of ether oxygens (including phenoxy) is 1. The molecule has 28 heavy (non-hydrogen) atoms. The number of benzene rings is 2. The van der Waals surface area contributed by atoms with Crippen LogP contribution in [0.15, 0.2) is 48.5 Å². The molecule has 2 aliphatic rings. The number of hydrogen-bond donors (Lipinski definition) is 2. The summed E-state index contributed by atoms with van der Waals surface area (Å²) in [5.74, 6) is 0.978. The number of fused-ring (bicyclic) bond motifs is 1. The predicted octanol–water partition coefficient (Wildman–Crippen LogP) is 2.84. The van der Waals surface area contributed by atoms with Crippen molar-refractivity contribution < 1.29 is 9.53 Å². The monoisotopic (exact) mass is 379 g/mol. The predicted molar refractivity (Wildman–Crippen MR) is 110 cm³/mol. The number of carbonyl (C=O) groups is 1. The van der Waals surface area contributed by atoms with Gasteiger partial charge in [0.2, 0.25) is 5.91 Å². The van der Waals surface area contributed by atoms with Crippen molar-refractivity contribution in [1.29, 1.82) is 0 Å². The van der Waals surface area contributed by atoms with E-state index >= 15 is 0 Å². The number of aryl methyl sites for hydroxylation is 1. The summed E-state index contributed by atoms with van der Waals surface area (Å²) in [5, 5.41) is 6.74. The summed E-state index contributed by atoms with van der Waals surface area (Å²) in [6.45, 7) is 2.96. The fraction of sp³-hybridized carbons (Fsp3) is 0.435. The minimum atomic E-state index is 0.100. The van der Waals surface area contributed by atoms with Gasteiger partial charge in [0.25, 0.3) is 0 Å². The molecule has 0 radical (unpaired) electrons. The molecule has 0 spiro atoms. The molecule has 2 aromatic carbocycles. The Morgan fingerprint density at radius 2 is 1.96 bits per heavy atom. The number of nitrogens with one attached hydrogen (secondary N) is 2. The Hall–Kier alpha value is -2.37. The molecule has 1 aliphatic heterocycles. The number of methoxy groups -OCH3 is 1. The first-order valence-electron chi connectivity index (χ1n) is 10.2. The summed E-state index contributed by atoms with van der Waals surface area (Å²) >= 11 is 0. The SMILES string of the molecule is COc1ccccc1C1CNCCN1CC(=O)NC1CCCc2ccccc21. The fourth-order valence-electron chi connectivity index (χ4n) is 4.51. The summed E-state index contributed by atoms with van der Waals surface area (Å²) < 4.78 is 5.56. The van der Waals surface area contributed by atoms with E-state index in [2.05, 4.69) is 45.9 Å². The van der Waals surface area contributed by atoms with Gasteiger partial charge in [-0.3, -0.25) is 9.69 Å². The molecular weight excluding hydrogens is 350 g/mol. The molecule has 0 bridgehead atoms. The largest absolute Gasteiger partial charge is 0.496 e. The van der Waals surface area contributed by atoms with Crippen molar-refractivity contribution in [1.82, 2.24) is 15.5 Å². The number of carbonyl (C=O) groups excluding carboxylic acids is 1. The van der Waals surface area contributed by atoms with Gasteiger partial charge in [0.1, 0.15) is 5.75 Å². The molecule has 1 aliphatic carbocycles. The smallest absolute Gasteiger partial charge is 0.234 e. The summed E-state index contributed by atoms with van der Waals surface area (Å²) in [6, 6.07) is 16.8. The maximum atomic E-state index is 12.9. The number of rotatable bonds is 5. The molecular formula is C23H29N3O2. The van der Waals surface area contributed by atoms with E-state index in [0.29, 0.717) is 6.54 Å². The van der Waals surface area contributed by atoms with E-state index in [4.69, 9.17) is 4.74 Å². The molecule has 1 heterocycles. The van der Waals surface area contributed by atoms with Crippen LogP contribution in [-0.2, 0) is 11.2 Å². The topological polar surface area (TPSA) is 53.6 Å². The highest BCUT2D eigenvalue weighted by molar-refractivity contribution is 5.78. The molecule has 148 valence electrons. The Bertz CT molecular complexity index is 823. The Kier molecular flexibility index (Phi) is 5.93. The number of hydrogen-bond acceptors (Lipinski definition) is 4. The first-order chi connectivity index (χ1) is 13.8. The Balaban J connectivity index is 1.46. The number of piperazine rings is 1. The maximum absolute atomic E-state index is 12.9. The van der Waals surface area contributed by atoms with Gasteiger partial charge in [-0.15, -0.1) is 0 Å². The highest BCUT2D eigenvalue weighted by Crippen LogP contribution is 2.31. The highest BCUT2D eigenvalue weighted by Gasteiger charge is 2.29. The molecule has 2 N–H and O–H groups in total. The highest BCUT2D eigenvalue weighted by atomic mass is 16.5. The normalized spacial score (nSPS) is 22.3. The average Bonchev–Trinajstić information content (AvgIpc) is 2.74. The van der Waals surface area contributed by atoms with Crippen LogP contribution in [-0.4, -0.2) is 44.1 Å². The van der Waals surface area contributed by atoms with Gasteiger partial charge in [0.05, 0.1) is 25.7 Å². The molecule has 0 saturated carbocycles. The summed E-state index contributed by atoms with van der Waals surface area (Å²) in [6.07, 6.45) is 3.25. The van der Waals surface area contributed by atoms with Gasteiger partial charge in [-0.1, -0.05) is 42.5 Å². The maximum Gasteiger partial charge on any atom is 0.234 e. The van der Waals surface area contributed by atoms with Gasteiger partial charge >= 0.3 is 0 Å². The molecule has 2 unspecified atom stereocenters. The standard InChI is InChI=1S/C23H29N3O2/c1-28-22-12-5-4-10-19(22)21-15-24-13-14-26(21)16-23(27)25-20-11-6-8-17-7-2-3-9-18(17)20/h2-5,7,9-10,12,20-21,24H,6,8,11,13-16H2,1H3,(H,25,27). The third kappa shape index (κ3) is 4.05. The van der Waals surface area contributed by atoms with E-state index in [9.17, 15) is 4.79 Å². The van der Waals surface area contributed by atoms with Gasteiger partial charge in [0.15, 0.2) is 0 Å². The number of para-hydroxylation sites is 1. The molecule has 4 rings (SSSR count). The quantitative estimate of drug-likeness (QED) is 0.839. The second-order valence-corrected chi connectivity index (χ2v) is 7.64. The summed E-state index contributed by atoms with van der Waals surface area (Å²) in [7, 11) is 1.70. The molecule has 1 fully saturated rings. The lowest BCUT2D eigenvalue weighted by atomic mass is 9.88. The summed E-state index contributed by atoms with van der Waals surface area (Å²) in [4.78, 5) is 15.2. The van der Waals surface area contributed by atoms with Crippen LogP contribution in [0.4, 0.5) is 0 Å². The van der Waals surface area contributed by atoms with Crippen LogP contribution in [0.3, 0.4) is 0 Å². The molecule has 5 nitrogen and oxygen atoms in total. The minimum Gasteiger partial charge on any atom is -0.496 e. The zero-order valence-corrected chi connectivity index (χ0v) is 16.5. The second-order valence-electron chi connectivity index (χ2n) is 7.64. The van der Waals surface area contributed by atoms with Crippen molar-refractivity contribution in [3.8, 4) is 5.75 Å². The van der Waals surface area contributed by atoms with Gasteiger partial charge in [-0.2, -0.15) is 0 Å². The lowest BCUT2D eigenvalue weighted by molar-refractivity contribution is -0.124. The molecule has 1 amide bonds. The fourth-order valence-corrected chi connectivity index (χ4v) is 4.51. The zero-order chi connectivity index (χ0) is 19.3. The first-order valence-corrected chi connectivity index (χ1v) is 10.2. The molecule has 0 aromatic heterocycles. The zero-order valence-electron chi connectivity index (χ0n) is 16.5. The van der Waals surface area contributed by atoms with Crippen molar-refractivity contribution in [2.24, 2.45) is 0 Å². The lowest BCUT2D eigenvalue weighted by Crippen LogP contribution is -2.50. The van der Waals surface area contributed by atoms with Crippen LogP contribution in [0, 0.1) is 0 Å². The minimum absolute atomic E-state index is 0.100. The number of amides is 1. The van der Waals surface area contributed by atoms with Crippen molar-refractivity contribution in [3.05, 3.63) is 65.2 Å². The van der Waals surface area contributed by atoms with Gasteiger partial charge < -0.3 is 15.4 Å². The van der Waals surface area contributed by atoms with Crippen LogP contribution in [0.25, 0.3) is 0 Å². The Morgan fingerprint density at radius 3 is 2.82 bits per heavy atom. The third-order valence-corrected chi connectivity index (χ3v) is 5.90. The van der Waals surface area contributed by atoms with E-state index in [1.807, 2.05) is 18.2 Å². The van der Waals surface area contributed by atoms with Crippen LogP contribution in [0.2, 0.25) is 0 Å². The van der Waals surface area contributed by atoms with Crippen LogP contribution < -0.4 is 15.4 Å². The Morgan fingerprint density at radius 1 is 1.18 bits per heavy atom. The van der Waals surface area contributed by atoms with E-state index < -0.39 is 0 Å². The third-order valence-electron chi connectivity index (χ3n) is 5.90. The van der Waals surface area contributed by atoms with E-state index in [0.717, 1.165) is 50.2 Å². The second kappa shape index (κ2) is 8.76. The van der Waals surface area contributed by atoms with Crippen molar-refractivity contribution in [3.63, 3.8) is 0 Å². The molecule has 2 atom stereocenters. The molecule has 5 heteroatoms. The van der Waals surface area contributed by atoms with Gasteiger partial charge in [-0.25, -0.2) is 0 Å². The molecule has 2 aromatic rings. The Labute approximate surface area is 167 Å². The van der Waals surface area contributed by atoms with E-state index in [1.54, 1.807) is 7.11 Å². The molecule has 1 saturated heterocycles. The van der Waals surface area contributed by atoms with E-state index in [1.165, 1.54) is 11.1 Å². The van der Waals surface area contributed by atoms with Crippen molar-refractivity contribution in [2.45, 2.75) is 31.3 Å². The van der Waals surface area contributed by atoms with Crippen molar-refractivity contribution in [2.75, 3.05) is 33.3 Å². The van der Waals surface area contributed by atoms with E-state index in [-0.39, 0.29) is 18.0 Å². The van der Waals surface area contributed by atoms with Crippen LogP contribution >= 0.6 is 0 Å². The van der Waals surface area contributed by atoms with Gasteiger partial charge in [0, 0.05) is 25.2 Å². The van der Waals surface area contributed by atoms with Crippen LogP contribution in [0.1, 0.15) is 41.6 Å². The number of nitrogens with zero attached hydrogens (tertiary/aromatic N) is 1. The first kappa shape index (κ1) is 19.0. The van der Waals surface area contributed by atoms with Crippen LogP contribution in [0.5, 0.6) is 5.75 Å². The lowest BCUT2D eigenvalue weighted by Gasteiger charge is -2.37. The van der Waals surface area contributed by atoms with Crippen molar-refractivity contribution >= 4 is 5.91 Å². The average molecular weight is 380 g/mol. The van der Waals surface area contributed by atoms with Gasteiger partial charge in [-0.05, 0) is 36.5 Å².